The van der Waals surface area contributed by atoms with Gasteiger partial charge in [0.2, 0.25) is 0 Å². The molecule has 3 aromatic rings. The Labute approximate surface area is 115 Å². The Bertz CT molecular complexity index is 731. The summed E-state index contributed by atoms with van der Waals surface area (Å²) in [5.41, 5.74) is 9.52. The van der Waals surface area contributed by atoms with E-state index in [1.54, 1.807) is 11.8 Å². The summed E-state index contributed by atoms with van der Waals surface area (Å²) < 4.78 is 1.94. The number of anilines is 1. The van der Waals surface area contributed by atoms with Crippen molar-refractivity contribution in [2.45, 2.75) is 11.8 Å². The minimum absolute atomic E-state index is 0.715. The number of thioether (sulfide) groups is 1. The molecule has 0 bridgehead atoms. The lowest BCUT2D eigenvalue weighted by atomic mass is 10.2. The number of nitrogens with two attached hydrogens (primary N) is 1. The molecule has 0 aliphatic carbocycles. The summed E-state index contributed by atoms with van der Waals surface area (Å²) in [6.45, 7) is 1.99. The Kier molecular flexibility index (Phi) is 2.91. The van der Waals surface area contributed by atoms with Gasteiger partial charge in [0.15, 0.2) is 11.5 Å². The van der Waals surface area contributed by atoms with E-state index in [0.717, 1.165) is 22.6 Å². The lowest BCUT2D eigenvalue weighted by Gasteiger charge is -2.04. The highest BCUT2D eigenvalue weighted by Crippen LogP contribution is 2.24. The molecule has 2 aromatic heterocycles. The molecule has 0 radical (unpaired) electrons. The summed E-state index contributed by atoms with van der Waals surface area (Å²) in [6.07, 6.45) is 3.92. The Balaban J connectivity index is 2.19. The zero-order chi connectivity index (χ0) is 13.4. The first-order valence-corrected chi connectivity index (χ1v) is 7.17. The number of nitrogens with zero attached hydrogens (tertiary/aromatic N) is 3. The van der Waals surface area contributed by atoms with Gasteiger partial charge in [0.05, 0.1) is 0 Å². The minimum Gasteiger partial charge on any atom is -0.398 e. The van der Waals surface area contributed by atoms with Crippen molar-refractivity contribution in [2.24, 2.45) is 0 Å². The molecule has 0 saturated heterocycles. The number of rotatable bonds is 2. The summed E-state index contributed by atoms with van der Waals surface area (Å²) in [7, 11) is 0. The summed E-state index contributed by atoms with van der Waals surface area (Å²) in [5, 5.41) is 8.50. The number of hydrogen-bond donors (Lipinski definition) is 1. The third kappa shape index (κ3) is 2.06. The fourth-order valence-electron chi connectivity index (χ4n) is 2.12. The Morgan fingerprint density at radius 3 is 2.58 bits per heavy atom. The van der Waals surface area contributed by atoms with Gasteiger partial charge in [-0.25, -0.2) is 0 Å². The van der Waals surface area contributed by atoms with Crippen LogP contribution in [0.25, 0.3) is 17.0 Å². The Hall–Kier alpha value is -2.01. The van der Waals surface area contributed by atoms with Crippen LogP contribution in [0.4, 0.5) is 5.69 Å². The second-order valence-electron chi connectivity index (χ2n) is 4.40. The third-order valence-corrected chi connectivity index (χ3v) is 3.80. The van der Waals surface area contributed by atoms with Gasteiger partial charge in [-0.2, -0.15) is 0 Å². The largest absolute Gasteiger partial charge is 0.398 e. The average molecular weight is 270 g/mol. The number of nitrogen functional groups attached to an aromatic ring is 1. The van der Waals surface area contributed by atoms with Crippen LogP contribution in [0.15, 0.2) is 41.4 Å². The number of hydrogen-bond acceptors (Lipinski definition) is 4. The molecule has 0 amide bonds. The molecule has 0 saturated carbocycles. The third-order valence-electron chi connectivity index (χ3n) is 3.06. The number of pyridine rings is 1. The maximum Gasteiger partial charge on any atom is 0.168 e. The van der Waals surface area contributed by atoms with Crippen LogP contribution < -0.4 is 5.73 Å². The van der Waals surface area contributed by atoms with Crippen LogP contribution in [-0.2, 0) is 0 Å². The number of aryl methyl sites for hydroxylation is 1. The van der Waals surface area contributed by atoms with Gasteiger partial charge in [-0.05, 0) is 36.9 Å². The maximum atomic E-state index is 5.90. The van der Waals surface area contributed by atoms with E-state index >= 15 is 0 Å². The van der Waals surface area contributed by atoms with Gasteiger partial charge in [-0.1, -0.05) is 12.1 Å². The molecule has 1 aromatic carbocycles. The fraction of sp³-hybridized carbons (Fsp3) is 0.143. The van der Waals surface area contributed by atoms with E-state index in [0.29, 0.717) is 5.69 Å². The number of benzene rings is 1. The molecule has 2 N–H and O–H groups in total. The quantitative estimate of drug-likeness (QED) is 0.727. The first kappa shape index (κ1) is 12.0. The normalized spacial score (nSPS) is 11.1. The van der Waals surface area contributed by atoms with Crippen molar-refractivity contribution in [3.8, 4) is 11.4 Å². The van der Waals surface area contributed by atoms with Crippen LogP contribution in [-0.4, -0.2) is 20.9 Å². The molecular weight excluding hydrogens is 256 g/mol. The van der Waals surface area contributed by atoms with Crippen LogP contribution in [0.5, 0.6) is 0 Å². The second kappa shape index (κ2) is 4.59. The summed E-state index contributed by atoms with van der Waals surface area (Å²) >= 11 is 1.72. The van der Waals surface area contributed by atoms with Gasteiger partial charge in [-0.3, -0.25) is 4.40 Å². The summed E-state index contributed by atoms with van der Waals surface area (Å²) in [6, 6.07) is 10.2. The highest BCUT2D eigenvalue weighted by Gasteiger charge is 2.10. The smallest absolute Gasteiger partial charge is 0.168 e. The summed E-state index contributed by atoms with van der Waals surface area (Å²) in [4.78, 5) is 1.23. The molecule has 0 unspecified atom stereocenters. The average Bonchev–Trinajstić information content (AvgIpc) is 2.83. The van der Waals surface area contributed by atoms with Crippen LogP contribution >= 0.6 is 11.8 Å². The molecule has 5 heteroatoms. The topological polar surface area (TPSA) is 56.2 Å². The first-order valence-electron chi connectivity index (χ1n) is 5.94. The van der Waals surface area contributed by atoms with Crippen molar-refractivity contribution in [3.05, 3.63) is 42.1 Å². The molecule has 0 aliphatic rings. The van der Waals surface area contributed by atoms with Crippen molar-refractivity contribution in [1.29, 1.82) is 0 Å². The lowest BCUT2D eigenvalue weighted by Crippen LogP contribution is -1.95. The molecule has 96 valence electrons. The van der Waals surface area contributed by atoms with E-state index in [9.17, 15) is 0 Å². The van der Waals surface area contributed by atoms with Gasteiger partial charge in [0.1, 0.15) is 0 Å². The second-order valence-corrected chi connectivity index (χ2v) is 5.28. The van der Waals surface area contributed by atoms with Crippen molar-refractivity contribution in [2.75, 3.05) is 12.0 Å². The maximum absolute atomic E-state index is 5.90. The van der Waals surface area contributed by atoms with E-state index in [4.69, 9.17) is 5.73 Å². The SMILES string of the molecule is CSc1ccc(-c2nnc3c(C)cc(N)cn23)cc1. The fourth-order valence-corrected chi connectivity index (χ4v) is 2.53. The van der Waals surface area contributed by atoms with Gasteiger partial charge in [0, 0.05) is 22.3 Å². The van der Waals surface area contributed by atoms with Gasteiger partial charge in [-0.15, -0.1) is 22.0 Å². The van der Waals surface area contributed by atoms with E-state index < -0.39 is 0 Å². The van der Waals surface area contributed by atoms with Crippen LogP contribution in [0, 0.1) is 6.92 Å². The van der Waals surface area contributed by atoms with Gasteiger partial charge >= 0.3 is 0 Å². The zero-order valence-electron chi connectivity index (χ0n) is 10.8. The highest BCUT2D eigenvalue weighted by atomic mass is 32.2. The highest BCUT2D eigenvalue weighted by molar-refractivity contribution is 7.98. The number of fused-ring (bicyclic) bond motifs is 1. The number of aromatic nitrogens is 3. The van der Waals surface area contributed by atoms with Crippen molar-refractivity contribution < 1.29 is 0 Å². The monoisotopic (exact) mass is 270 g/mol. The van der Waals surface area contributed by atoms with Gasteiger partial charge < -0.3 is 5.73 Å². The molecule has 0 atom stereocenters. The van der Waals surface area contributed by atoms with Crippen molar-refractivity contribution >= 4 is 23.1 Å². The molecule has 0 spiro atoms. The molecular formula is C14H14N4S. The van der Waals surface area contributed by atoms with Crippen LogP contribution in [0.3, 0.4) is 0 Å². The predicted octanol–water partition coefficient (Wildman–Crippen LogP) is 3.01. The van der Waals surface area contributed by atoms with E-state index in [1.165, 1.54) is 4.90 Å². The van der Waals surface area contributed by atoms with E-state index in [1.807, 2.05) is 23.6 Å². The molecule has 0 fully saturated rings. The molecule has 2 heterocycles. The molecule has 3 rings (SSSR count). The summed E-state index contributed by atoms with van der Waals surface area (Å²) in [5.74, 6) is 0.818. The Morgan fingerprint density at radius 1 is 1.16 bits per heavy atom. The molecule has 0 aliphatic heterocycles. The Morgan fingerprint density at radius 2 is 1.89 bits per heavy atom. The molecule has 19 heavy (non-hydrogen) atoms. The van der Waals surface area contributed by atoms with E-state index in [2.05, 4.69) is 40.7 Å². The predicted molar refractivity (Wildman–Crippen MR) is 79.4 cm³/mol. The lowest BCUT2D eigenvalue weighted by molar-refractivity contribution is 1.11. The van der Waals surface area contributed by atoms with E-state index in [-0.39, 0.29) is 0 Å². The van der Waals surface area contributed by atoms with Crippen molar-refractivity contribution in [1.82, 2.24) is 14.6 Å². The minimum atomic E-state index is 0.715. The van der Waals surface area contributed by atoms with Gasteiger partial charge in [0.25, 0.3) is 0 Å². The zero-order valence-corrected chi connectivity index (χ0v) is 11.6. The van der Waals surface area contributed by atoms with Crippen LogP contribution in [0.2, 0.25) is 0 Å². The molecule has 4 nitrogen and oxygen atoms in total. The van der Waals surface area contributed by atoms with Crippen LogP contribution in [0.1, 0.15) is 5.56 Å². The standard InChI is InChI=1S/C14H14N4S/c1-9-7-11(15)8-18-13(9)16-17-14(18)10-3-5-12(19-2)6-4-10/h3-8H,15H2,1-2H3. The first-order chi connectivity index (χ1) is 9.19. The van der Waals surface area contributed by atoms with Crippen molar-refractivity contribution in [3.63, 3.8) is 0 Å².